The lowest BCUT2D eigenvalue weighted by atomic mass is 9.95. The lowest BCUT2D eigenvalue weighted by molar-refractivity contribution is -0.144. The van der Waals surface area contributed by atoms with Gasteiger partial charge in [-0.1, -0.05) is 60.7 Å². The molecule has 202 valence electrons. The molecule has 1 aliphatic rings. The van der Waals surface area contributed by atoms with Crippen molar-refractivity contribution in [2.24, 2.45) is 4.99 Å². The SMILES string of the molecule is CCOC(=O)CC1c2sc3nnc(-c4ccccc4)c(-c4ccccc4)c3c2N=C(N(CC)CC)N1C(C)C. The van der Waals surface area contributed by atoms with Crippen LogP contribution in [-0.4, -0.2) is 57.7 Å². The second kappa shape index (κ2) is 11.5. The fraction of sp³-hybridized carbons (Fsp3) is 0.355. The average Bonchev–Trinajstić information content (AvgIpc) is 3.33. The van der Waals surface area contributed by atoms with Crippen molar-refractivity contribution >= 4 is 39.2 Å². The smallest absolute Gasteiger partial charge is 0.308 e. The maximum Gasteiger partial charge on any atom is 0.308 e. The van der Waals surface area contributed by atoms with Crippen molar-refractivity contribution in [1.82, 2.24) is 20.0 Å². The molecule has 7 nitrogen and oxygen atoms in total. The number of guanidine groups is 1. The Labute approximate surface area is 234 Å². The third-order valence-corrected chi connectivity index (χ3v) is 8.24. The summed E-state index contributed by atoms with van der Waals surface area (Å²) in [6.07, 6.45) is 0.242. The Morgan fingerprint density at radius 3 is 2.21 bits per heavy atom. The molecule has 1 atom stereocenters. The van der Waals surface area contributed by atoms with Crippen molar-refractivity contribution in [2.75, 3.05) is 19.7 Å². The molecule has 2 aromatic heterocycles. The molecule has 0 N–H and O–H groups in total. The van der Waals surface area contributed by atoms with Gasteiger partial charge in [-0.05, 0) is 40.2 Å². The highest BCUT2D eigenvalue weighted by atomic mass is 32.1. The van der Waals surface area contributed by atoms with E-state index in [1.807, 2.05) is 43.3 Å². The summed E-state index contributed by atoms with van der Waals surface area (Å²) >= 11 is 1.58. The molecular formula is C31H35N5O2S. The normalized spacial score (nSPS) is 14.9. The number of thiophene rings is 1. The summed E-state index contributed by atoms with van der Waals surface area (Å²) in [6, 6.07) is 20.4. The molecule has 0 saturated carbocycles. The highest BCUT2D eigenvalue weighted by Crippen LogP contribution is 2.51. The van der Waals surface area contributed by atoms with E-state index in [0.29, 0.717) is 6.61 Å². The number of ether oxygens (including phenoxy) is 1. The van der Waals surface area contributed by atoms with Crippen LogP contribution in [0, 0.1) is 0 Å². The van der Waals surface area contributed by atoms with Gasteiger partial charge >= 0.3 is 5.97 Å². The van der Waals surface area contributed by atoms with E-state index in [9.17, 15) is 4.79 Å². The maximum absolute atomic E-state index is 12.9. The van der Waals surface area contributed by atoms with Crippen LogP contribution in [0.25, 0.3) is 32.6 Å². The lowest BCUT2D eigenvalue weighted by Crippen LogP contribution is -2.50. The van der Waals surface area contributed by atoms with Crippen LogP contribution in [-0.2, 0) is 9.53 Å². The average molecular weight is 542 g/mol. The summed E-state index contributed by atoms with van der Waals surface area (Å²) in [6.45, 7) is 12.4. The van der Waals surface area contributed by atoms with Gasteiger partial charge in [0, 0.05) is 35.6 Å². The minimum absolute atomic E-state index is 0.127. The fourth-order valence-electron chi connectivity index (χ4n) is 5.33. The molecule has 5 rings (SSSR count). The third-order valence-electron chi connectivity index (χ3n) is 7.08. The number of esters is 1. The summed E-state index contributed by atoms with van der Waals surface area (Å²) in [5.74, 6) is 0.672. The summed E-state index contributed by atoms with van der Waals surface area (Å²) in [5, 5.41) is 10.5. The first-order valence-corrected chi connectivity index (χ1v) is 14.5. The summed E-state index contributed by atoms with van der Waals surface area (Å²) in [5.41, 5.74) is 4.78. The Balaban J connectivity index is 1.85. The van der Waals surface area contributed by atoms with E-state index >= 15 is 0 Å². The second-order valence-electron chi connectivity index (χ2n) is 9.76. The molecule has 0 saturated heterocycles. The number of nitrogens with zero attached hydrogens (tertiary/aromatic N) is 5. The molecule has 0 amide bonds. The molecule has 0 spiro atoms. The highest BCUT2D eigenvalue weighted by molar-refractivity contribution is 7.19. The Morgan fingerprint density at radius 1 is 0.974 bits per heavy atom. The largest absolute Gasteiger partial charge is 0.466 e. The minimum atomic E-state index is -0.213. The van der Waals surface area contributed by atoms with Crippen LogP contribution in [0.1, 0.15) is 52.0 Å². The van der Waals surface area contributed by atoms with Gasteiger partial charge in [0.2, 0.25) is 5.96 Å². The molecule has 1 unspecified atom stereocenters. The third kappa shape index (κ3) is 5.01. The predicted octanol–water partition coefficient (Wildman–Crippen LogP) is 7.07. The fourth-order valence-corrected chi connectivity index (χ4v) is 6.50. The van der Waals surface area contributed by atoms with Gasteiger partial charge in [0.15, 0.2) is 0 Å². The summed E-state index contributed by atoms with van der Waals surface area (Å²) in [4.78, 5) is 24.7. The number of fused-ring (bicyclic) bond motifs is 3. The Bertz CT molecular complexity index is 1480. The van der Waals surface area contributed by atoms with Gasteiger partial charge in [-0.25, -0.2) is 4.99 Å². The van der Waals surface area contributed by atoms with Crippen molar-refractivity contribution < 1.29 is 9.53 Å². The molecule has 4 aromatic rings. The van der Waals surface area contributed by atoms with E-state index in [4.69, 9.17) is 19.9 Å². The van der Waals surface area contributed by atoms with Gasteiger partial charge in [0.05, 0.1) is 29.6 Å². The van der Waals surface area contributed by atoms with Crippen molar-refractivity contribution in [3.05, 3.63) is 65.5 Å². The molecular weight excluding hydrogens is 506 g/mol. The standard InChI is InChI=1S/C31H35N5O2S/c1-6-35(7-2)31-32-28-26-25(21-15-11-9-12-16-21)27(22-17-13-10-14-18-22)33-34-30(26)39-29(28)23(36(31)20(4)5)19-24(37)38-8-3/h9-18,20,23H,6-8,19H2,1-5H3. The zero-order chi connectivity index (χ0) is 27.5. The highest BCUT2D eigenvalue weighted by Gasteiger charge is 2.39. The Hall–Kier alpha value is -3.78. The van der Waals surface area contributed by atoms with Crippen molar-refractivity contribution in [3.8, 4) is 22.4 Å². The Kier molecular flexibility index (Phi) is 7.93. The molecule has 1 aliphatic heterocycles. The quantitative estimate of drug-likeness (QED) is 0.222. The van der Waals surface area contributed by atoms with Crippen LogP contribution in [0.3, 0.4) is 0 Å². The number of rotatable bonds is 8. The predicted molar refractivity (Wildman–Crippen MR) is 159 cm³/mol. The molecule has 39 heavy (non-hydrogen) atoms. The first-order valence-electron chi connectivity index (χ1n) is 13.7. The number of hydrogen-bond acceptors (Lipinski definition) is 8. The van der Waals surface area contributed by atoms with Crippen LogP contribution in [0.15, 0.2) is 65.7 Å². The van der Waals surface area contributed by atoms with Crippen LogP contribution in [0.4, 0.5) is 5.69 Å². The zero-order valence-corrected chi connectivity index (χ0v) is 24.0. The van der Waals surface area contributed by atoms with E-state index in [0.717, 1.165) is 62.2 Å². The molecule has 0 aliphatic carbocycles. The second-order valence-corrected chi connectivity index (χ2v) is 10.8. The number of carbonyl (C=O) groups is 1. The van der Waals surface area contributed by atoms with Crippen molar-refractivity contribution in [1.29, 1.82) is 0 Å². The number of carbonyl (C=O) groups excluding carboxylic acids is 1. The van der Waals surface area contributed by atoms with E-state index in [1.165, 1.54) is 0 Å². The van der Waals surface area contributed by atoms with Crippen LogP contribution >= 0.6 is 11.3 Å². The first-order chi connectivity index (χ1) is 19.0. The number of benzene rings is 2. The van der Waals surface area contributed by atoms with Gasteiger partial charge in [-0.2, -0.15) is 0 Å². The van der Waals surface area contributed by atoms with Crippen molar-refractivity contribution in [2.45, 2.75) is 53.1 Å². The number of aliphatic imine (C=N–C) groups is 1. The topological polar surface area (TPSA) is 70.9 Å². The molecule has 0 bridgehead atoms. The number of aromatic nitrogens is 2. The van der Waals surface area contributed by atoms with Gasteiger partial charge < -0.3 is 14.5 Å². The first kappa shape index (κ1) is 26.8. The summed E-state index contributed by atoms with van der Waals surface area (Å²) in [7, 11) is 0. The lowest BCUT2D eigenvalue weighted by Gasteiger charge is -2.43. The van der Waals surface area contributed by atoms with E-state index in [-0.39, 0.29) is 24.5 Å². The minimum Gasteiger partial charge on any atom is -0.466 e. The van der Waals surface area contributed by atoms with Gasteiger partial charge in [-0.15, -0.1) is 21.5 Å². The molecule has 2 aromatic carbocycles. The molecule has 0 radical (unpaired) electrons. The van der Waals surface area contributed by atoms with Gasteiger partial charge in [0.1, 0.15) is 10.5 Å². The van der Waals surface area contributed by atoms with E-state index in [1.54, 1.807) is 11.3 Å². The van der Waals surface area contributed by atoms with Gasteiger partial charge in [-0.3, -0.25) is 4.79 Å². The monoisotopic (exact) mass is 541 g/mol. The Morgan fingerprint density at radius 2 is 1.62 bits per heavy atom. The van der Waals surface area contributed by atoms with Gasteiger partial charge in [0.25, 0.3) is 0 Å². The maximum atomic E-state index is 12.9. The zero-order valence-electron chi connectivity index (χ0n) is 23.2. The van der Waals surface area contributed by atoms with E-state index in [2.05, 4.69) is 61.8 Å². The molecule has 3 heterocycles. The molecule has 8 heteroatoms. The van der Waals surface area contributed by atoms with Crippen LogP contribution in [0.5, 0.6) is 0 Å². The van der Waals surface area contributed by atoms with Crippen LogP contribution in [0.2, 0.25) is 0 Å². The van der Waals surface area contributed by atoms with E-state index < -0.39 is 0 Å². The molecule has 0 fully saturated rings. The summed E-state index contributed by atoms with van der Waals surface area (Å²) < 4.78 is 5.44. The van der Waals surface area contributed by atoms with Crippen LogP contribution < -0.4 is 0 Å². The van der Waals surface area contributed by atoms with Crippen molar-refractivity contribution in [3.63, 3.8) is 0 Å². The number of hydrogen-bond donors (Lipinski definition) is 0.